The van der Waals surface area contributed by atoms with Crippen LogP contribution in [-0.4, -0.2) is 41.1 Å². The van der Waals surface area contributed by atoms with E-state index in [4.69, 9.17) is 4.42 Å². The van der Waals surface area contributed by atoms with Crippen molar-refractivity contribution in [3.05, 3.63) is 36.1 Å². The van der Waals surface area contributed by atoms with Gasteiger partial charge in [0.05, 0.1) is 18.8 Å². The standard InChI is InChI=1S/C26H38N2O3/c1-2-23(29)17-26(30)27-22-11-9-19(10-12-22)13-15-28-14-4-3-7-24(28)21-16-20-6-5-8-25(20)31-18-21/h5-6,8,16,18-19,22-24,29H,2-4,7,9-15,17H2,1H3,(H,27,30)/t19-,22-,23-,24?/m1/s1. The monoisotopic (exact) mass is 426 g/mol. The van der Waals surface area contributed by atoms with Crippen molar-refractivity contribution in [3.8, 4) is 11.3 Å². The molecule has 0 aromatic heterocycles. The number of hydrogen-bond donors (Lipinski definition) is 2. The summed E-state index contributed by atoms with van der Waals surface area (Å²) < 4.78 is 5.88. The lowest BCUT2D eigenvalue weighted by Gasteiger charge is -2.37. The Morgan fingerprint density at radius 1 is 1.23 bits per heavy atom. The quantitative estimate of drug-likeness (QED) is 0.614. The van der Waals surface area contributed by atoms with Crippen molar-refractivity contribution in [1.29, 1.82) is 0 Å². The van der Waals surface area contributed by atoms with Gasteiger partial charge in [0, 0.05) is 23.2 Å². The SMILES string of the molecule is CC[C@@H](O)CC(=O)N[C@H]1CC[C@H](CCN2CCCCC2c2coc3cccc-3c2)CC1. The Morgan fingerprint density at radius 3 is 2.87 bits per heavy atom. The van der Waals surface area contributed by atoms with Crippen LogP contribution in [0.5, 0.6) is 0 Å². The Labute approximate surface area is 186 Å². The molecule has 5 nitrogen and oxygen atoms in total. The van der Waals surface area contributed by atoms with Crippen LogP contribution in [0, 0.1) is 5.92 Å². The van der Waals surface area contributed by atoms with Gasteiger partial charge in [0.25, 0.3) is 0 Å². The number of rotatable bonds is 8. The largest absolute Gasteiger partial charge is 0.464 e. The van der Waals surface area contributed by atoms with Crippen molar-refractivity contribution in [2.75, 3.05) is 13.1 Å². The maximum Gasteiger partial charge on any atom is 0.222 e. The van der Waals surface area contributed by atoms with Crippen LogP contribution in [0.3, 0.4) is 0 Å². The number of amides is 1. The average molecular weight is 427 g/mol. The summed E-state index contributed by atoms with van der Waals surface area (Å²) >= 11 is 0. The van der Waals surface area contributed by atoms with E-state index in [1.165, 1.54) is 56.2 Å². The fourth-order valence-electron chi connectivity index (χ4n) is 5.39. The van der Waals surface area contributed by atoms with Gasteiger partial charge in [0.2, 0.25) is 5.91 Å². The van der Waals surface area contributed by atoms with E-state index in [2.05, 4.69) is 28.4 Å². The van der Waals surface area contributed by atoms with Crippen LogP contribution in [0.15, 0.2) is 34.9 Å². The molecule has 1 saturated carbocycles. The maximum atomic E-state index is 12.0. The Bertz CT molecular complexity index is 796. The molecule has 2 aliphatic carbocycles. The smallest absolute Gasteiger partial charge is 0.222 e. The van der Waals surface area contributed by atoms with E-state index in [1.54, 1.807) is 0 Å². The number of nitrogens with zero attached hydrogens (tertiary/aromatic N) is 1. The summed E-state index contributed by atoms with van der Waals surface area (Å²) in [6.45, 7) is 4.23. The van der Waals surface area contributed by atoms with E-state index in [0.29, 0.717) is 12.5 Å². The van der Waals surface area contributed by atoms with Crippen molar-refractivity contribution < 1.29 is 14.3 Å². The van der Waals surface area contributed by atoms with Gasteiger partial charge in [-0.15, -0.1) is 0 Å². The molecule has 5 heteroatoms. The average Bonchev–Trinajstić information content (AvgIpc) is 3.26. The number of piperidine rings is 1. The number of carbonyl (C=O) groups excluding carboxylic acids is 1. The zero-order chi connectivity index (χ0) is 21.6. The van der Waals surface area contributed by atoms with Crippen LogP contribution in [-0.2, 0) is 4.79 Å². The molecule has 2 N–H and O–H groups in total. The highest BCUT2D eigenvalue weighted by Gasteiger charge is 2.28. The molecule has 0 spiro atoms. The zero-order valence-corrected chi connectivity index (χ0v) is 18.9. The minimum atomic E-state index is -0.513. The van der Waals surface area contributed by atoms with Crippen molar-refractivity contribution in [2.45, 2.75) is 89.3 Å². The second kappa shape index (κ2) is 10.6. The van der Waals surface area contributed by atoms with Gasteiger partial charge in [-0.2, -0.15) is 0 Å². The van der Waals surface area contributed by atoms with Crippen LogP contribution in [0.25, 0.3) is 11.3 Å². The molecule has 2 atom stereocenters. The lowest BCUT2D eigenvalue weighted by molar-refractivity contribution is -0.124. The van der Waals surface area contributed by atoms with E-state index in [1.807, 2.05) is 19.3 Å². The van der Waals surface area contributed by atoms with Crippen molar-refractivity contribution in [3.63, 3.8) is 0 Å². The van der Waals surface area contributed by atoms with Crippen LogP contribution in [0.2, 0.25) is 0 Å². The molecule has 0 radical (unpaired) electrons. The summed E-state index contributed by atoms with van der Waals surface area (Å²) in [5.74, 6) is 1.72. The van der Waals surface area contributed by atoms with Gasteiger partial charge in [0.15, 0.2) is 0 Å². The molecule has 170 valence electrons. The fourth-order valence-corrected chi connectivity index (χ4v) is 5.39. The van der Waals surface area contributed by atoms with Gasteiger partial charge in [-0.05, 0) is 82.5 Å². The first-order valence-electron chi connectivity index (χ1n) is 12.3. The number of fused-ring (bicyclic) bond motifs is 1. The molecule has 1 amide bonds. The van der Waals surface area contributed by atoms with E-state index in [0.717, 1.165) is 31.1 Å². The highest BCUT2D eigenvalue weighted by molar-refractivity contribution is 5.76. The van der Waals surface area contributed by atoms with Gasteiger partial charge < -0.3 is 14.8 Å². The lowest BCUT2D eigenvalue weighted by Crippen LogP contribution is -2.39. The summed E-state index contributed by atoms with van der Waals surface area (Å²) in [5.41, 5.74) is 2.52. The van der Waals surface area contributed by atoms with Crippen LogP contribution in [0.4, 0.5) is 0 Å². The Balaban J connectivity index is 1.25. The highest BCUT2D eigenvalue weighted by atomic mass is 16.3. The highest BCUT2D eigenvalue weighted by Crippen LogP contribution is 2.36. The van der Waals surface area contributed by atoms with Gasteiger partial charge in [-0.3, -0.25) is 9.69 Å². The molecule has 2 heterocycles. The number of aliphatic hydroxyl groups is 1. The fraction of sp³-hybridized carbons (Fsp3) is 0.654. The van der Waals surface area contributed by atoms with Gasteiger partial charge in [-0.1, -0.05) is 25.5 Å². The van der Waals surface area contributed by atoms with E-state index in [9.17, 15) is 9.90 Å². The molecule has 0 bridgehead atoms. The van der Waals surface area contributed by atoms with Gasteiger partial charge in [-0.25, -0.2) is 0 Å². The molecule has 2 fully saturated rings. The first-order chi connectivity index (χ1) is 15.1. The molecular weight excluding hydrogens is 388 g/mol. The number of hydrogen-bond acceptors (Lipinski definition) is 4. The molecule has 0 aromatic carbocycles. The lowest BCUT2D eigenvalue weighted by atomic mass is 9.83. The van der Waals surface area contributed by atoms with E-state index < -0.39 is 6.10 Å². The topological polar surface area (TPSA) is 65.7 Å². The molecule has 0 aromatic rings. The third-order valence-electron chi connectivity index (χ3n) is 7.38. The minimum absolute atomic E-state index is 0.00108. The van der Waals surface area contributed by atoms with Crippen LogP contribution >= 0.6 is 0 Å². The first kappa shape index (κ1) is 22.3. The molecule has 2 aliphatic heterocycles. The van der Waals surface area contributed by atoms with E-state index in [-0.39, 0.29) is 18.4 Å². The molecule has 4 rings (SSSR count). The number of aliphatic hydroxyl groups excluding tert-OH is 1. The third kappa shape index (κ3) is 5.89. The molecule has 31 heavy (non-hydrogen) atoms. The summed E-state index contributed by atoms with van der Waals surface area (Å²) in [6, 6.07) is 9.29. The summed E-state index contributed by atoms with van der Waals surface area (Å²) in [4.78, 5) is 14.7. The Hall–Kier alpha value is -1.85. The number of nitrogens with one attached hydrogen (secondary N) is 1. The van der Waals surface area contributed by atoms with E-state index >= 15 is 0 Å². The van der Waals surface area contributed by atoms with Crippen LogP contribution in [0.1, 0.15) is 82.7 Å². The van der Waals surface area contributed by atoms with Gasteiger partial charge >= 0.3 is 0 Å². The summed E-state index contributed by atoms with van der Waals surface area (Å²) in [5, 5.41) is 12.8. The minimum Gasteiger partial charge on any atom is -0.464 e. The van der Waals surface area contributed by atoms with Crippen molar-refractivity contribution >= 4 is 5.91 Å². The Morgan fingerprint density at radius 2 is 2.06 bits per heavy atom. The van der Waals surface area contributed by atoms with Crippen LogP contribution < -0.4 is 5.32 Å². The molecule has 1 saturated heterocycles. The zero-order valence-electron chi connectivity index (χ0n) is 18.9. The summed E-state index contributed by atoms with van der Waals surface area (Å²) in [7, 11) is 0. The summed E-state index contributed by atoms with van der Waals surface area (Å²) in [6.07, 6.45) is 11.8. The molecular formula is C26H38N2O3. The van der Waals surface area contributed by atoms with Gasteiger partial charge in [0.1, 0.15) is 5.76 Å². The Kier molecular flexibility index (Phi) is 7.67. The molecule has 4 aliphatic rings. The van der Waals surface area contributed by atoms with Crippen molar-refractivity contribution in [2.24, 2.45) is 5.92 Å². The number of carbonyl (C=O) groups is 1. The maximum absolute atomic E-state index is 12.0. The second-order valence-electron chi connectivity index (χ2n) is 9.61. The first-order valence-corrected chi connectivity index (χ1v) is 12.3. The second-order valence-corrected chi connectivity index (χ2v) is 9.61. The third-order valence-corrected chi connectivity index (χ3v) is 7.38. The number of likely N-dealkylation sites (tertiary alicyclic amines) is 1. The molecule has 1 unspecified atom stereocenters. The predicted octanol–water partition coefficient (Wildman–Crippen LogP) is 5.14. The van der Waals surface area contributed by atoms with Crippen molar-refractivity contribution in [1.82, 2.24) is 10.2 Å². The predicted molar refractivity (Wildman–Crippen MR) is 123 cm³/mol. The normalized spacial score (nSPS) is 26.1.